The zero-order valence-corrected chi connectivity index (χ0v) is 17.9. The number of H-pyrrole nitrogens is 1. The Morgan fingerprint density at radius 2 is 1.79 bits per heavy atom. The molecule has 0 radical (unpaired) electrons. The summed E-state index contributed by atoms with van der Waals surface area (Å²) in [4.78, 5) is 42.8. The van der Waals surface area contributed by atoms with Crippen LogP contribution in [0.3, 0.4) is 0 Å². The second kappa shape index (κ2) is 9.49. The molecule has 0 amide bonds. The van der Waals surface area contributed by atoms with E-state index in [4.69, 9.17) is 16.7 Å². The van der Waals surface area contributed by atoms with Gasteiger partial charge in [-0.2, -0.15) is 13.2 Å². The van der Waals surface area contributed by atoms with Gasteiger partial charge in [-0.1, -0.05) is 41.4 Å². The zero-order valence-electron chi connectivity index (χ0n) is 17.2. The number of nitrogens with zero attached hydrogens (tertiary/aromatic N) is 3. The molecule has 1 heterocycles. The minimum Gasteiger partial charge on any atom is -0.481 e. The van der Waals surface area contributed by atoms with E-state index in [1.165, 1.54) is 0 Å². The van der Waals surface area contributed by atoms with Crippen molar-refractivity contribution in [1.29, 1.82) is 0 Å². The van der Waals surface area contributed by atoms with Gasteiger partial charge >= 0.3 is 23.5 Å². The second-order valence-corrected chi connectivity index (χ2v) is 7.59. The topological polar surface area (TPSA) is 109 Å². The molecule has 0 saturated heterocycles. The molecule has 0 fully saturated rings. The van der Waals surface area contributed by atoms with Crippen LogP contribution in [0.5, 0.6) is 0 Å². The van der Waals surface area contributed by atoms with Crippen LogP contribution in [0.2, 0.25) is 5.02 Å². The third kappa shape index (κ3) is 5.80. The number of hydrogen-bond acceptors (Lipinski definition) is 4. The number of rotatable bonds is 6. The molecule has 12 heteroatoms. The molecule has 0 spiro atoms. The van der Waals surface area contributed by atoms with Gasteiger partial charge in [-0.05, 0) is 30.7 Å². The molecule has 0 bridgehead atoms. The molecule has 0 aliphatic carbocycles. The number of nitrogens with one attached hydrogen (secondary N) is 1. The van der Waals surface area contributed by atoms with Crippen LogP contribution in [0.1, 0.15) is 23.1 Å². The number of aliphatic carboxylic acids is 1. The maximum Gasteiger partial charge on any atom is 0.416 e. The first-order chi connectivity index (χ1) is 15.5. The van der Waals surface area contributed by atoms with Crippen LogP contribution < -0.4 is 17.0 Å². The van der Waals surface area contributed by atoms with E-state index in [1.54, 1.807) is 24.3 Å². The summed E-state index contributed by atoms with van der Waals surface area (Å²) in [6, 6.07) is 9.56. The molecule has 2 N–H and O–H groups in total. The lowest BCUT2D eigenvalue weighted by molar-refractivity contribution is -0.138. The first kappa shape index (κ1) is 24.1. The van der Waals surface area contributed by atoms with Crippen molar-refractivity contribution in [2.45, 2.75) is 32.6 Å². The fourth-order valence-electron chi connectivity index (χ4n) is 2.95. The lowest BCUT2D eigenvalue weighted by Crippen LogP contribution is -2.50. The van der Waals surface area contributed by atoms with Crippen LogP contribution in [0.25, 0.3) is 0 Å². The molecule has 3 aromatic rings. The van der Waals surface area contributed by atoms with E-state index in [-0.39, 0.29) is 22.9 Å². The molecular formula is C21H18ClF3N4O4. The summed E-state index contributed by atoms with van der Waals surface area (Å²) in [7, 11) is 0. The van der Waals surface area contributed by atoms with Gasteiger partial charge in [-0.25, -0.2) is 19.1 Å². The highest BCUT2D eigenvalue weighted by molar-refractivity contribution is 6.33. The van der Waals surface area contributed by atoms with Gasteiger partial charge in [0.2, 0.25) is 5.62 Å². The Morgan fingerprint density at radius 1 is 1.12 bits per heavy atom. The lowest BCUT2D eigenvalue weighted by Gasteiger charge is -2.12. The summed E-state index contributed by atoms with van der Waals surface area (Å²) in [5.41, 5.74) is -1.87. The summed E-state index contributed by atoms with van der Waals surface area (Å²) in [5.74, 6) is -1.21. The van der Waals surface area contributed by atoms with Crippen LogP contribution in [0, 0.1) is 6.92 Å². The number of carboxylic acid groups (broad SMARTS) is 1. The summed E-state index contributed by atoms with van der Waals surface area (Å²) >= 11 is 6.01. The first-order valence-electron chi connectivity index (χ1n) is 9.58. The highest BCUT2D eigenvalue weighted by atomic mass is 35.5. The predicted octanol–water partition coefficient (Wildman–Crippen LogP) is 3.07. The van der Waals surface area contributed by atoms with Crippen LogP contribution in [0.15, 0.2) is 57.0 Å². The highest BCUT2D eigenvalue weighted by Gasteiger charge is 2.31. The number of carbonyl (C=O) groups is 1. The minimum absolute atomic E-state index is 0.0849. The fourth-order valence-corrected chi connectivity index (χ4v) is 3.11. The van der Waals surface area contributed by atoms with E-state index in [0.29, 0.717) is 16.2 Å². The van der Waals surface area contributed by atoms with E-state index in [2.05, 4.69) is 9.98 Å². The van der Waals surface area contributed by atoms with Crippen LogP contribution in [0.4, 0.5) is 18.9 Å². The number of benzene rings is 2. The van der Waals surface area contributed by atoms with Gasteiger partial charge < -0.3 is 5.11 Å². The van der Waals surface area contributed by atoms with Gasteiger partial charge in [-0.3, -0.25) is 14.3 Å². The van der Waals surface area contributed by atoms with Crippen molar-refractivity contribution in [2.24, 2.45) is 4.99 Å². The van der Waals surface area contributed by atoms with Crippen LogP contribution >= 0.6 is 11.6 Å². The molecule has 174 valence electrons. The highest BCUT2D eigenvalue weighted by Crippen LogP contribution is 2.34. The summed E-state index contributed by atoms with van der Waals surface area (Å²) in [6.07, 6.45) is -5.14. The van der Waals surface area contributed by atoms with Crippen molar-refractivity contribution < 1.29 is 23.1 Å². The molecule has 0 aliphatic heterocycles. The molecule has 0 saturated carbocycles. The third-order valence-electron chi connectivity index (χ3n) is 4.69. The van der Waals surface area contributed by atoms with E-state index >= 15 is 0 Å². The largest absolute Gasteiger partial charge is 0.481 e. The molecule has 1 aromatic heterocycles. The van der Waals surface area contributed by atoms with Gasteiger partial charge in [0.15, 0.2) is 0 Å². The molecule has 33 heavy (non-hydrogen) atoms. The molecule has 0 atom stereocenters. The Hall–Kier alpha value is -3.60. The molecule has 0 unspecified atom stereocenters. The van der Waals surface area contributed by atoms with Crippen molar-refractivity contribution in [3.63, 3.8) is 0 Å². The predicted molar refractivity (Wildman–Crippen MR) is 114 cm³/mol. The Morgan fingerprint density at radius 3 is 2.39 bits per heavy atom. The van der Waals surface area contributed by atoms with Gasteiger partial charge in [0.05, 0.1) is 29.2 Å². The number of aromatic amines is 1. The summed E-state index contributed by atoms with van der Waals surface area (Å²) < 4.78 is 41.1. The maximum atomic E-state index is 13.1. The van der Waals surface area contributed by atoms with Gasteiger partial charge in [0, 0.05) is 6.54 Å². The SMILES string of the molecule is Cc1ccc(Cn2c(=O)n(CCC(=O)O)c(=O)[nH]/c2=N\c2cc(C(F)(F)F)ccc2Cl)cc1. The van der Waals surface area contributed by atoms with Crippen molar-refractivity contribution in [1.82, 2.24) is 14.1 Å². The van der Waals surface area contributed by atoms with Gasteiger partial charge in [0.25, 0.3) is 0 Å². The standard InChI is InChI=1S/C21H18ClF3N4O4/c1-12-2-4-13(5-3-12)11-29-18(27-19(32)28(20(29)33)9-8-17(30)31)26-16-10-14(21(23,24)25)6-7-15(16)22/h2-7,10H,8-9,11H2,1H3,(H,30,31)(H,26,27,32). The molecule has 3 rings (SSSR count). The number of aromatic nitrogens is 3. The minimum atomic E-state index is -4.65. The second-order valence-electron chi connectivity index (χ2n) is 7.18. The number of alkyl halides is 3. The average Bonchev–Trinajstić information content (AvgIpc) is 2.72. The molecule has 2 aromatic carbocycles. The number of aryl methyl sites for hydroxylation is 1. The Balaban J connectivity index is 2.24. The smallest absolute Gasteiger partial charge is 0.416 e. The first-order valence-corrected chi connectivity index (χ1v) is 9.96. The van der Waals surface area contributed by atoms with Crippen molar-refractivity contribution in [3.05, 3.63) is 90.8 Å². The lowest BCUT2D eigenvalue weighted by atomic mass is 10.1. The molecular weight excluding hydrogens is 465 g/mol. The van der Waals surface area contributed by atoms with Crippen LogP contribution in [-0.2, 0) is 24.1 Å². The average molecular weight is 483 g/mol. The molecule has 8 nitrogen and oxygen atoms in total. The van der Waals surface area contributed by atoms with E-state index < -0.39 is 42.1 Å². The maximum absolute atomic E-state index is 13.1. The Labute approximate surface area is 189 Å². The summed E-state index contributed by atoms with van der Waals surface area (Å²) in [6.45, 7) is 1.38. The van der Waals surface area contributed by atoms with E-state index in [9.17, 15) is 27.6 Å². The Kier molecular flexibility index (Phi) is 6.92. The van der Waals surface area contributed by atoms with Crippen LogP contribution in [-0.4, -0.2) is 25.2 Å². The summed E-state index contributed by atoms with van der Waals surface area (Å²) in [5, 5.41) is 8.77. The van der Waals surface area contributed by atoms with Gasteiger partial charge in [-0.15, -0.1) is 0 Å². The fraction of sp³-hybridized carbons (Fsp3) is 0.238. The number of hydrogen-bond donors (Lipinski definition) is 2. The van der Waals surface area contributed by atoms with Crippen molar-refractivity contribution >= 4 is 23.3 Å². The van der Waals surface area contributed by atoms with E-state index in [1.807, 2.05) is 6.92 Å². The van der Waals surface area contributed by atoms with Gasteiger partial charge in [0.1, 0.15) is 0 Å². The normalized spacial score (nSPS) is 12.2. The number of carboxylic acids is 1. The molecule has 0 aliphatic rings. The van der Waals surface area contributed by atoms with Crippen molar-refractivity contribution in [3.8, 4) is 0 Å². The number of halogens is 4. The third-order valence-corrected chi connectivity index (χ3v) is 5.01. The monoisotopic (exact) mass is 482 g/mol. The zero-order chi connectivity index (χ0) is 24.3. The quantitative estimate of drug-likeness (QED) is 0.562. The van der Waals surface area contributed by atoms with Crippen molar-refractivity contribution in [2.75, 3.05) is 0 Å². The Bertz CT molecular complexity index is 1370. The van der Waals surface area contributed by atoms with E-state index in [0.717, 1.165) is 22.3 Å².